The first-order chi connectivity index (χ1) is 6.92. The number of aromatic nitrogens is 2. The Hall–Kier alpha value is -1.16. The summed E-state index contributed by atoms with van der Waals surface area (Å²) in [7, 11) is 0. The molecule has 0 bridgehead atoms. The maximum Gasteiger partial charge on any atom is 0.129 e. The van der Waals surface area contributed by atoms with Crippen molar-refractivity contribution in [2.75, 3.05) is 18.4 Å². The molecular weight excluding hydrogens is 176 g/mol. The van der Waals surface area contributed by atoms with E-state index in [9.17, 15) is 0 Å². The smallest absolute Gasteiger partial charge is 0.129 e. The molecule has 74 valence electrons. The van der Waals surface area contributed by atoms with Gasteiger partial charge in [0.25, 0.3) is 0 Å². The van der Waals surface area contributed by atoms with Crippen LogP contribution in [0.5, 0.6) is 0 Å². The molecule has 1 aliphatic heterocycles. The zero-order chi connectivity index (χ0) is 9.38. The molecule has 0 unspecified atom stereocenters. The van der Waals surface area contributed by atoms with Crippen LogP contribution in [0.25, 0.3) is 0 Å². The molecule has 14 heavy (non-hydrogen) atoms. The Morgan fingerprint density at radius 1 is 1.29 bits per heavy atom. The fourth-order valence-electron chi connectivity index (χ4n) is 1.65. The van der Waals surface area contributed by atoms with Gasteiger partial charge in [-0.1, -0.05) is 0 Å². The van der Waals surface area contributed by atoms with E-state index in [0.29, 0.717) is 12.0 Å². The molecular formula is C10H14N4. The number of hydrogen-bond acceptors (Lipinski definition) is 4. The number of rotatable bonds is 3. The third kappa shape index (κ3) is 1.57. The van der Waals surface area contributed by atoms with E-state index in [-0.39, 0.29) is 0 Å². The number of anilines is 1. The highest BCUT2D eigenvalue weighted by molar-refractivity contribution is 5.38. The van der Waals surface area contributed by atoms with Gasteiger partial charge in [0.1, 0.15) is 12.1 Å². The van der Waals surface area contributed by atoms with Crippen LogP contribution in [-0.2, 0) is 0 Å². The summed E-state index contributed by atoms with van der Waals surface area (Å²) < 4.78 is 0. The second kappa shape index (κ2) is 3.20. The summed E-state index contributed by atoms with van der Waals surface area (Å²) in [4.78, 5) is 8.51. The molecule has 0 radical (unpaired) electrons. The molecule has 1 saturated heterocycles. The van der Waals surface area contributed by atoms with Crippen LogP contribution in [0.1, 0.15) is 24.5 Å². The Kier molecular flexibility index (Phi) is 1.87. The van der Waals surface area contributed by atoms with E-state index in [0.717, 1.165) is 18.9 Å². The lowest BCUT2D eigenvalue weighted by Crippen LogP contribution is -2.51. The first-order valence-corrected chi connectivity index (χ1v) is 5.21. The van der Waals surface area contributed by atoms with Crippen molar-refractivity contribution < 1.29 is 0 Å². The van der Waals surface area contributed by atoms with Crippen LogP contribution in [0.4, 0.5) is 5.82 Å². The lowest BCUT2D eigenvalue weighted by Gasteiger charge is -2.28. The SMILES string of the molecule is c1nc(NC2CNC2)cc(C2CC2)n1. The summed E-state index contributed by atoms with van der Waals surface area (Å²) in [5, 5.41) is 6.61. The third-order valence-electron chi connectivity index (χ3n) is 2.82. The Morgan fingerprint density at radius 2 is 2.14 bits per heavy atom. The van der Waals surface area contributed by atoms with Crippen LogP contribution < -0.4 is 10.6 Å². The molecule has 0 spiro atoms. The van der Waals surface area contributed by atoms with Crippen molar-refractivity contribution in [1.29, 1.82) is 0 Å². The van der Waals surface area contributed by atoms with Crippen molar-refractivity contribution in [3.63, 3.8) is 0 Å². The van der Waals surface area contributed by atoms with Crippen LogP contribution in [-0.4, -0.2) is 29.1 Å². The van der Waals surface area contributed by atoms with Gasteiger partial charge < -0.3 is 10.6 Å². The molecule has 2 fully saturated rings. The number of hydrogen-bond donors (Lipinski definition) is 2. The summed E-state index contributed by atoms with van der Waals surface area (Å²) in [6.07, 6.45) is 4.25. The molecule has 1 saturated carbocycles. The van der Waals surface area contributed by atoms with Crippen LogP contribution in [0.15, 0.2) is 12.4 Å². The van der Waals surface area contributed by atoms with Gasteiger partial charge in [-0.3, -0.25) is 0 Å². The molecule has 1 aliphatic carbocycles. The van der Waals surface area contributed by atoms with Crippen molar-refractivity contribution in [3.05, 3.63) is 18.1 Å². The fourth-order valence-corrected chi connectivity index (χ4v) is 1.65. The minimum Gasteiger partial charge on any atom is -0.365 e. The topological polar surface area (TPSA) is 49.8 Å². The molecule has 0 atom stereocenters. The van der Waals surface area contributed by atoms with Crippen LogP contribution in [0, 0.1) is 0 Å². The second-order valence-electron chi connectivity index (χ2n) is 4.10. The van der Waals surface area contributed by atoms with E-state index in [2.05, 4.69) is 26.7 Å². The van der Waals surface area contributed by atoms with Crippen LogP contribution in [0.3, 0.4) is 0 Å². The van der Waals surface area contributed by atoms with Gasteiger partial charge in [-0.2, -0.15) is 0 Å². The van der Waals surface area contributed by atoms with E-state index in [1.165, 1.54) is 18.5 Å². The Bertz CT molecular complexity index is 331. The zero-order valence-electron chi connectivity index (χ0n) is 8.03. The lowest BCUT2D eigenvalue weighted by molar-refractivity contribution is 0.471. The van der Waals surface area contributed by atoms with E-state index >= 15 is 0 Å². The van der Waals surface area contributed by atoms with Gasteiger partial charge in [0.05, 0.1) is 6.04 Å². The Balaban J connectivity index is 1.72. The van der Waals surface area contributed by atoms with Crippen molar-refractivity contribution in [1.82, 2.24) is 15.3 Å². The molecule has 1 aromatic heterocycles. The summed E-state index contributed by atoms with van der Waals surface area (Å²) in [5.74, 6) is 1.69. The predicted molar refractivity (Wildman–Crippen MR) is 54.3 cm³/mol. The maximum absolute atomic E-state index is 4.29. The highest BCUT2D eigenvalue weighted by atomic mass is 15.1. The lowest BCUT2D eigenvalue weighted by atomic mass is 10.2. The molecule has 2 heterocycles. The van der Waals surface area contributed by atoms with Gasteiger partial charge >= 0.3 is 0 Å². The summed E-state index contributed by atoms with van der Waals surface area (Å²) >= 11 is 0. The zero-order valence-corrected chi connectivity index (χ0v) is 8.03. The second-order valence-corrected chi connectivity index (χ2v) is 4.10. The highest BCUT2D eigenvalue weighted by Gasteiger charge is 2.25. The third-order valence-corrected chi connectivity index (χ3v) is 2.82. The summed E-state index contributed by atoms with van der Waals surface area (Å²) in [5.41, 5.74) is 1.20. The molecule has 0 aromatic carbocycles. The fraction of sp³-hybridized carbons (Fsp3) is 0.600. The summed E-state index contributed by atoms with van der Waals surface area (Å²) in [6, 6.07) is 2.65. The van der Waals surface area contributed by atoms with E-state index < -0.39 is 0 Å². The van der Waals surface area contributed by atoms with Gasteiger partial charge in [-0.25, -0.2) is 9.97 Å². The molecule has 2 aliphatic rings. The minimum absolute atomic E-state index is 0.553. The first kappa shape index (κ1) is 8.17. The van der Waals surface area contributed by atoms with Crippen molar-refractivity contribution in [2.24, 2.45) is 0 Å². The summed E-state index contributed by atoms with van der Waals surface area (Å²) in [6.45, 7) is 2.09. The highest BCUT2D eigenvalue weighted by Crippen LogP contribution is 2.39. The van der Waals surface area contributed by atoms with Gasteiger partial charge in [-0.15, -0.1) is 0 Å². The quantitative estimate of drug-likeness (QED) is 0.738. The van der Waals surface area contributed by atoms with Crippen molar-refractivity contribution >= 4 is 5.82 Å². The number of nitrogens with zero attached hydrogens (tertiary/aromatic N) is 2. The van der Waals surface area contributed by atoms with E-state index in [1.807, 2.05) is 0 Å². The monoisotopic (exact) mass is 190 g/mol. The van der Waals surface area contributed by atoms with Crippen molar-refractivity contribution in [2.45, 2.75) is 24.8 Å². The van der Waals surface area contributed by atoms with Gasteiger partial charge in [0.15, 0.2) is 0 Å². The van der Waals surface area contributed by atoms with Crippen LogP contribution in [0.2, 0.25) is 0 Å². The number of nitrogens with one attached hydrogen (secondary N) is 2. The average molecular weight is 190 g/mol. The van der Waals surface area contributed by atoms with Crippen molar-refractivity contribution in [3.8, 4) is 0 Å². The first-order valence-electron chi connectivity index (χ1n) is 5.21. The maximum atomic E-state index is 4.29. The largest absolute Gasteiger partial charge is 0.365 e. The van der Waals surface area contributed by atoms with Gasteiger partial charge in [-0.05, 0) is 12.8 Å². The average Bonchev–Trinajstić information content (AvgIpc) is 2.95. The Morgan fingerprint density at radius 3 is 2.79 bits per heavy atom. The minimum atomic E-state index is 0.553. The molecule has 3 rings (SSSR count). The molecule has 4 heteroatoms. The van der Waals surface area contributed by atoms with Gasteiger partial charge in [0, 0.05) is 30.8 Å². The predicted octanol–water partition coefficient (Wildman–Crippen LogP) is 0.738. The molecule has 1 aromatic rings. The van der Waals surface area contributed by atoms with E-state index in [1.54, 1.807) is 6.33 Å². The Labute approximate surface area is 83.1 Å². The molecule has 4 nitrogen and oxygen atoms in total. The van der Waals surface area contributed by atoms with Crippen LogP contribution >= 0.6 is 0 Å². The standard InChI is InChI=1S/C10H14N4/c1-2-7(1)9-3-10(13-6-12-9)14-8-4-11-5-8/h3,6-8,11H,1-2,4-5H2,(H,12,13,14). The van der Waals surface area contributed by atoms with Gasteiger partial charge in [0.2, 0.25) is 0 Å². The molecule has 0 amide bonds. The molecule has 2 N–H and O–H groups in total. The van der Waals surface area contributed by atoms with E-state index in [4.69, 9.17) is 0 Å². The normalized spacial score (nSPS) is 21.7.